The fourth-order valence-electron chi connectivity index (χ4n) is 2.40. The first kappa shape index (κ1) is 13.2. The number of anilines is 2. The van der Waals surface area contributed by atoms with Gasteiger partial charge in [-0.1, -0.05) is 6.07 Å². The summed E-state index contributed by atoms with van der Waals surface area (Å²) in [5, 5.41) is 6.10. The van der Waals surface area contributed by atoms with Crippen molar-refractivity contribution in [2.75, 3.05) is 17.2 Å². The van der Waals surface area contributed by atoms with Crippen LogP contribution in [0.3, 0.4) is 0 Å². The van der Waals surface area contributed by atoms with Gasteiger partial charge in [0.05, 0.1) is 0 Å². The number of hydrogen-bond donors (Lipinski definition) is 3. The van der Waals surface area contributed by atoms with Crippen LogP contribution in [0.15, 0.2) is 42.5 Å². The Morgan fingerprint density at radius 2 is 1.90 bits per heavy atom. The lowest BCUT2D eigenvalue weighted by atomic mass is 10.1. The Hall–Kier alpha value is -2.82. The maximum atomic E-state index is 12.2. The first-order chi connectivity index (χ1) is 10.1. The van der Waals surface area contributed by atoms with Crippen molar-refractivity contribution in [3.63, 3.8) is 0 Å². The van der Waals surface area contributed by atoms with E-state index in [4.69, 9.17) is 5.73 Å². The molecule has 2 aromatic rings. The Bertz CT molecular complexity index is 725. The van der Waals surface area contributed by atoms with E-state index in [2.05, 4.69) is 10.6 Å². The summed E-state index contributed by atoms with van der Waals surface area (Å²) in [6.45, 7) is 0.924. The van der Waals surface area contributed by atoms with Gasteiger partial charge in [0.25, 0.3) is 5.91 Å². The molecule has 1 aliphatic rings. The highest BCUT2D eigenvalue weighted by Crippen LogP contribution is 2.25. The summed E-state index contributed by atoms with van der Waals surface area (Å²) < 4.78 is 0. The van der Waals surface area contributed by atoms with Crippen LogP contribution in [0.2, 0.25) is 0 Å². The number of nitrogens with one attached hydrogen (secondary N) is 2. The standard InChI is InChI=1S/C16H15N3O2/c17-15(20)11-2-1-3-12(8-11)16(21)19-13-4-5-14-10(9-13)6-7-18-14/h1-5,8-9,18H,6-7H2,(H2,17,20)(H,19,21). The summed E-state index contributed by atoms with van der Waals surface area (Å²) in [5.41, 5.74) is 9.00. The quantitative estimate of drug-likeness (QED) is 0.804. The van der Waals surface area contributed by atoms with Crippen LogP contribution >= 0.6 is 0 Å². The van der Waals surface area contributed by atoms with Crippen molar-refractivity contribution < 1.29 is 9.59 Å². The molecule has 0 aliphatic carbocycles. The highest BCUT2D eigenvalue weighted by Gasteiger charge is 2.12. The lowest BCUT2D eigenvalue weighted by Crippen LogP contribution is -2.15. The minimum atomic E-state index is -0.548. The Kier molecular flexibility index (Phi) is 3.31. The van der Waals surface area contributed by atoms with Crippen molar-refractivity contribution >= 4 is 23.2 Å². The van der Waals surface area contributed by atoms with Crippen LogP contribution in [0.4, 0.5) is 11.4 Å². The minimum Gasteiger partial charge on any atom is -0.384 e. The fraction of sp³-hybridized carbons (Fsp3) is 0.125. The lowest BCUT2D eigenvalue weighted by molar-refractivity contribution is 0.1000. The molecule has 1 heterocycles. The zero-order valence-corrected chi connectivity index (χ0v) is 11.3. The molecular weight excluding hydrogens is 266 g/mol. The topological polar surface area (TPSA) is 84.2 Å². The van der Waals surface area contributed by atoms with Gasteiger partial charge in [0.1, 0.15) is 0 Å². The van der Waals surface area contributed by atoms with Gasteiger partial charge in [-0.05, 0) is 48.4 Å². The van der Waals surface area contributed by atoms with Gasteiger partial charge in [0, 0.05) is 29.0 Å². The van der Waals surface area contributed by atoms with Crippen molar-refractivity contribution in [3.05, 3.63) is 59.2 Å². The molecule has 3 rings (SSSR count). The number of benzene rings is 2. The maximum Gasteiger partial charge on any atom is 0.255 e. The lowest BCUT2D eigenvalue weighted by Gasteiger charge is -2.08. The number of carbonyl (C=O) groups excluding carboxylic acids is 2. The number of rotatable bonds is 3. The molecule has 0 bridgehead atoms. The first-order valence-electron chi connectivity index (χ1n) is 6.71. The second-order valence-electron chi connectivity index (χ2n) is 4.95. The minimum absolute atomic E-state index is 0.260. The molecule has 0 unspecified atom stereocenters. The number of hydrogen-bond acceptors (Lipinski definition) is 3. The van der Waals surface area contributed by atoms with Gasteiger partial charge < -0.3 is 16.4 Å². The number of fused-ring (bicyclic) bond motifs is 1. The monoisotopic (exact) mass is 281 g/mol. The van der Waals surface area contributed by atoms with E-state index in [-0.39, 0.29) is 5.91 Å². The van der Waals surface area contributed by atoms with Gasteiger partial charge in [0.2, 0.25) is 5.91 Å². The molecule has 4 N–H and O–H groups in total. The van der Waals surface area contributed by atoms with E-state index in [1.165, 1.54) is 11.6 Å². The summed E-state index contributed by atoms with van der Waals surface area (Å²) in [7, 11) is 0. The predicted octanol–water partition coefficient (Wildman–Crippen LogP) is 2.01. The second kappa shape index (κ2) is 5.28. The van der Waals surface area contributed by atoms with E-state index in [0.717, 1.165) is 24.3 Å². The summed E-state index contributed by atoms with van der Waals surface area (Å²) in [5.74, 6) is -0.808. The zero-order valence-electron chi connectivity index (χ0n) is 11.3. The van der Waals surface area contributed by atoms with E-state index in [1.807, 2.05) is 18.2 Å². The van der Waals surface area contributed by atoms with Crippen molar-refractivity contribution in [1.29, 1.82) is 0 Å². The number of carbonyl (C=O) groups is 2. The smallest absolute Gasteiger partial charge is 0.255 e. The Morgan fingerprint density at radius 3 is 2.71 bits per heavy atom. The molecule has 1 aliphatic heterocycles. The van der Waals surface area contributed by atoms with E-state index in [0.29, 0.717) is 11.1 Å². The molecule has 0 saturated heterocycles. The van der Waals surface area contributed by atoms with Crippen LogP contribution in [0.25, 0.3) is 0 Å². The van der Waals surface area contributed by atoms with E-state index < -0.39 is 5.91 Å². The van der Waals surface area contributed by atoms with Crippen molar-refractivity contribution in [2.24, 2.45) is 5.73 Å². The SMILES string of the molecule is NC(=O)c1cccc(C(=O)Nc2ccc3c(c2)CCN3)c1. The van der Waals surface area contributed by atoms with Crippen LogP contribution in [0.5, 0.6) is 0 Å². The van der Waals surface area contributed by atoms with Gasteiger partial charge >= 0.3 is 0 Å². The largest absolute Gasteiger partial charge is 0.384 e. The summed E-state index contributed by atoms with van der Waals surface area (Å²) in [6.07, 6.45) is 0.955. The molecule has 0 spiro atoms. The highest BCUT2D eigenvalue weighted by molar-refractivity contribution is 6.06. The normalized spacial score (nSPS) is 12.4. The number of amides is 2. The average molecular weight is 281 g/mol. The van der Waals surface area contributed by atoms with Crippen LogP contribution in [0.1, 0.15) is 26.3 Å². The van der Waals surface area contributed by atoms with Crippen LogP contribution in [-0.4, -0.2) is 18.4 Å². The fourth-order valence-corrected chi connectivity index (χ4v) is 2.40. The molecule has 2 amide bonds. The van der Waals surface area contributed by atoms with Gasteiger partial charge in [0.15, 0.2) is 0 Å². The molecule has 0 saturated carbocycles. The molecular formula is C16H15N3O2. The van der Waals surface area contributed by atoms with Crippen LogP contribution in [0, 0.1) is 0 Å². The average Bonchev–Trinajstić information content (AvgIpc) is 2.95. The Labute approximate surface area is 122 Å². The summed E-state index contributed by atoms with van der Waals surface area (Å²) in [4.78, 5) is 23.4. The van der Waals surface area contributed by atoms with E-state index in [1.54, 1.807) is 18.2 Å². The molecule has 5 nitrogen and oxygen atoms in total. The zero-order chi connectivity index (χ0) is 14.8. The van der Waals surface area contributed by atoms with E-state index in [9.17, 15) is 9.59 Å². The van der Waals surface area contributed by atoms with Gasteiger partial charge in [-0.15, -0.1) is 0 Å². The molecule has 0 aromatic heterocycles. The third-order valence-electron chi connectivity index (χ3n) is 3.48. The Morgan fingerprint density at radius 1 is 1.10 bits per heavy atom. The molecule has 0 fully saturated rings. The van der Waals surface area contributed by atoms with Crippen LogP contribution < -0.4 is 16.4 Å². The third kappa shape index (κ3) is 2.72. The Balaban J connectivity index is 1.80. The molecule has 21 heavy (non-hydrogen) atoms. The van der Waals surface area contributed by atoms with Crippen LogP contribution in [-0.2, 0) is 6.42 Å². The molecule has 5 heteroatoms. The summed E-state index contributed by atoms with van der Waals surface area (Å²) in [6, 6.07) is 12.1. The van der Waals surface area contributed by atoms with Gasteiger partial charge in [-0.25, -0.2) is 0 Å². The van der Waals surface area contributed by atoms with Crippen molar-refractivity contribution in [3.8, 4) is 0 Å². The highest BCUT2D eigenvalue weighted by atomic mass is 16.2. The first-order valence-corrected chi connectivity index (χ1v) is 6.71. The number of primary amides is 1. The molecule has 106 valence electrons. The van der Waals surface area contributed by atoms with E-state index >= 15 is 0 Å². The second-order valence-corrected chi connectivity index (χ2v) is 4.95. The van der Waals surface area contributed by atoms with Gasteiger partial charge in [-0.3, -0.25) is 9.59 Å². The summed E-state index contributed by atoms with van der Waals surface area (Å²) >= 11 is 0. The third-order valence-corrected chi connectivity index (χ3v) is 3.48. The van der Waals surface area contributed by atoms with Crippen molar-refractivity contribution in [2.45, 2.75) is 6.42 Å². The molecule has 0 radical (unpaired) electrons. The van der Waals surface area contributed by atoms with Crippen molar-refractivity contribution in [1.82, 2.24) is 0 Å². The van der Waals surface area contributed by atoms with Gasteiger partial charge in [-0.2, -0.15) is 0 Å². The maximum absolute atomic E-state index is 12.2. The molecule has 2 aromatic carbocycles. The molecule has 0 atom stereocenters. The number of nitrogens with two attached hydrogens (primary N) is 1. The predicted molar refractivity (Wildman–Crippen MR) is 81.5 cm³/mol.